The van der Waals surface area contributed by atoms with Crippen molar-refractivity contribution in [3.8, 4) is 0 Å². The monoisotopic (exact) mass is 397 g/mol. The molecular weight excluding hydrogens is 370 g/mol. The quantitative estimate of drug-likeness (QED) is 0.218. The van der Waals surface area contributed by atoms with E-state index < -0.39 is 12.0 Å². The Hall–Kier alpha value is -3.55. The topological polar surface area (TPSA) is 140 Å². The van der Waals surface area contributed by atoms with Crippen molar-refractivity contribution in [2.24, 2.45) is 5.73 Å². The minimum Gasteiger partial charge on any atom is -0.479 e. The van der Waals surface area contributed by atoms with Crippen molar-refractivity contribution in [2.45, 2.75) is 32.7 Å². The van der Waals surface area contributed by atoms with Gasteiger partial charge in [0.15, 0.2) is 6.04 Å². The van der Waals surface area contributed by atoms with Crippen LogP contribution in [0.3, 0.4) is 0 Å². The number of unbranched alkanes of at least 4 members (excludes halogenated alkanes) is 1. The number of hydrogen-bond donors (Lipinski definition) is 6. The van der Waals surface area contributed by atoms with Gasteiger partial charge in [-0.05, 0) is 60.9 Å². The van der Waals surface area contributed by atoms with Crippen LogP contribution in [0.2, 0.25) is 0 Å². The van der Waals surface area contributed by atoms with Crippen LogP contribution in [0.15, 0.2) is 42.5 Å². The molecule has 2 amide bonds. The summed E-state index contributed by atoms with van der Waals surface area (Å²) in [5, 5.41) is 25.6. The first-order chi connectivity index (χ1) is 13.8. The second-order valence-electron chi connectivity index (χ2n) is 6.77. The number of nitrogens with one attached hydrogen (secondary N) is 4. The lowest BCUT2D eigenvalue weighted by Gasteiger charge is -2.18. The van der Waals surface area contributed by atoms with Crippen LogP contribution in [0.25, 0.3) is 0 Å². The molecule has 1 unspecified atom stereocenters. The van der Waals surface area contributed by atoms with Crippen molar-refractivity contribution in [1.82, 2.24) is 5.32 Å². The van der Waals surface area contributed by atoms with Gasteiger partial charge >= 0.3 is 12.0 Å². The summed E-state index contributed by atoms with van der Waals surface area (Å²) >= 11 is 0. The number of nitrogen functional groups attached to an aromatic ring is 1. The summed E-state index contributed by atoms with van der Waals surface area (Å²) in [4.78, 5) is 23.9. The Morgan fingerprint density at radius 1 is 1.14 bits per heavy atom. The van der Waals surface area contributed by atoms with Gasteiger partial charge < -0.3 is 26.8 Å². The van der Waals surface area contributed by atoms with Gasteiger partial charge in [-0.2, -0.15) is 0 Å². The lowest BCUT2D eigenvalue weighted by molar-refractivity contribution is -0.138. The summed E-state index contributed by atoms with van der Waals surface area (Å²) < 4.78 is 0. The van der Waals surface area contributed by atoms with E-state index in [0.29, 0.717) is 29.0 Å². The Bertz CT molecular complexity index is 880. The van der Waals surface area contributed by atoms with Gasteiger partial charge in [-0.15, -0.1) is 0 Å². The predicted octanol–water partition coefficient (Wildman–Crippen LogP) is 3.44. The van der Waals surface area contributed by atoms with Crippen LogP contribution in [-0.4, -0.2) is 29.5 Å². The van der Waals surface area contributed by atoms with E-state index in [1.165, 1.54) is 0 Å². The highest BCUT2D eigenvalue weighted by Crippen LogP contribution is 2.25. The van der Waals surface area contributed by atoms with Crippen LogP contribution < -0.4 is 21.7 Å². The molecular formula is C21H27N5O3. The summed E-state index contributed by atoms with van der Waals surface area (Å²) in [5.41, 5.74) is 8.44. The fourth-order valence-corrected chi connectivity index (χ4v) is 2.81. The molecule has 0 saturated carbocycles. The Balaban J connectivity index is 2.19. The van der Waals surface area contributed by atoms with Gasteiger partial charge in [-0.1, -0.05) is 19.4 Å². The molecule has 0 aromatic heterocycles. The molecule has 0 fully saturated rings. The first-order valence-corrected chi connectivity index (χ1v) is 9.40. The van der Waals surface area contributed by atoms with Crippen LogP contribution in [0.4, 0.5) is 16.2 Å². The first-order valence-electron chi connectivity index (χ1n) is 9.40. The van der Waals surface area contributed by atoms with Crippen LogP contribution in [-0.2, 0) is 4.79 Å². The number of aliphatic carboxylic acids is 1. The number of carbonyl (C=O) groups excluding carboxylic acids is 1. The Morgan fingerprint density at radius 2 is 1.83 bits per heavy atom. The zero-order chi connectivity index (χ0) is 21.4. The number of aryl methyl sites for hydroxylation is 1. The van der Waals surface area contributed by atoms with Crippen molar-refractivity contribution in [2.75, 3.05) is 17.2 Å². The molecule has 0 aliphatic heterocycles. The van der Waals surface area contributed by atoms with Crippen molar-refractivity contribution < 1.29 is 14.7 Å². The number of nitrogens with two attached hydrogens (primary N) is 1. The third-order valence-electron chi connectivity index (χ3n) is 4.26. The maximum absolute atomic E-state index is 12.0. The average Bonchev–Trinajstić information content (AvgIpc) is 2.66. The molecule has 0 radical (unpaired) electrons. The number of amidine groups is 1. The summed E-state index contributed by atoms with van der Waals surface area (Å²) in [6, 6.07) is 10.5. The number of amides is 2. The molecule has 0 heterocycles. The molecule has 0 bridgehead atoms. The van der Waals surface area contributed by atoms with Crippen molar-refractivity contribution in [1.29, 1.82) is 5.41 Å². The summed E-state index contributed by atoms with van der Waals surface area (Å²) in [6.45, 7) is 4.46. The Kier molecular flexibility index (Phi) is 7.59. The van der Waals surface area contributed by atoms with Gasteiger partial charge in [-0.3, -0.25) is 5.41 Å². The molecule has 7 N–H and O–H groups in total. The smallest absolute Gasteiger partial charge is 0.330 e. The van der Waals surface area contributed by atoms with Gasteiger partial charge in [0, 0.05) is 23.5 Å². The summed E-state index contributed by atoms with van der Waals surface area (Å²) in [5.74, 6) is -1.11. The molecule has 2 rings (SSSR count). The molecule has 0 saturated heterocycles. The zero-order valence-corrected chi connectivity index (χ0v) is 16.6. The largest absolute Gasteiger partial charge is 0.479 e. The SMILES string of the molecule is CCCCNC(=O)Nc1cc(C)cc(C(Nc2ccc(C(=N)N)cc2)C(=O)O)c1. The van der Waals surface area contributed by atoms with Crippen LogP contribution in [0.5, 0.6) is 0 Å². The van der Waals surface area contributed by atoms with E-state index in [1.807, 2.05) is 13.8 Å². The molecule has 0 aliphatic carbocycles. The fraction of sp³-hybridized carbons (Fsp3) is 0.286. The number of urea groups is 1. The lowest BCUT2D eigenvalue weighted by Crippen LogP contribution is -2.29. The molecule has 0 aliphatic rings. The van der Waals surface area contributed by atoms with Crippen LogP contribution in [0, 0.1) is 12.3 Å². The maximum atomic E-state index is 12.0. The van der Waals surface area contributed by atoms with Gasteiger partial charge in [0.1, 0.15) is 5.84 Å². The first kappa shape index (κ1) is 21.7. The van der Waals surface area contributed by atoms with E-state index in [2.05, 4.69) is 16.0 Å². The highest BCUT2D eigenvalue weighted by atomic mass is 16.4. The molecule has 8 nitrogen and oxygen atoms in total. The minimum absolute atomic E-state index is 0.0575. The molecule has 2 aromatic rings. The number of rotatable bonds is 9. The molecule has 0 spiro atoms. The number of carbonyl (C=O) groups is 2. The van der Waals surface area contributed by atoms with Crippen LogP contribution in [0.1, 0.15) is 42.5 Å². The highest BCUT2D eigenvalue weighted by molar-refractivity contribution is 5.95. The Labute approximate surface area is 170 Å². The number of anilines is 2. The van der Waals surface area contributed by atoms with Gasteiger partial charge in [0.05, 0.1) is 0 Å². The van der Waals surface area contributed by atoms with E-state index in [1.54, 1.807) is 42.5 Å². The van der Waals surface area contributed by atoms with E-state index in [-0.39, 0.29) is 11.9 Å². The zero-order valence-electron chi connectivity index (χ0n) is 16.6. The number of hydrogen-bond acceptors (Lipinski definition) is 4. The van der Waals surface area contributed by atoms with Crippen molar-refractivity contribution in [3.63, 3.8) is 0 Å². The van der Waals surface area contributed by atoms with Gasteiger partial charge in [0.2, 0.25) is 0 Å². The maximum Gasteiger partial charge on any atom is 0.330 e. The highest BCUT2D eigenvalue weighted by Gasteiger charge is 2.21. The molecule has 8 heteroatoms. The van der Waals surface area contributed by atoms with Gasteiger partial charge in [-0.25, -0.2) is 9.59 Å². The Morgan fingerprint density at radius 3 is 2.41 bits per heavy atom. The van der Waals surface area contributed by atoms with E-state index in [9.17, 15) is 14.7 Å². The van der Waals surface area contributed by atoms with E-state index >= 15 is 0 Å². The molecule has 1 atom stereocenters. The minimum atomic E-state index is -1.05. The second kappa shape index (κ2) is 10.1. The average molecular weight is 397 g/mol. The lowest BCUT2D eigenvalue weighted by atomic mass is 10.0. The standard InChI is InChI=1S/C21H27N5O3/c1-3-4-9-24-21(29)26-17-11-13(2)10-15(12-17)18(20(27)28)25-16-7-5-14(6-8-16)19(22)23/h5-8,10-12,18,25H,3-4,9H2,1-2H3,(H3,22,23)(H,27,28)(H2,24,26,29). The second-order valence-corrected chi connectivity index (χ2v) is 6.77. The molecule has 2 aromatic carbocycles. The number of benzene rings is 2. The summed E-state index contributed by atoms with van der Waals surface area (Å²) in [7, 11) is 0. The predicted molar refractivity (Wildman–Crippen MR) is 115 cm³/mol. The summed E-state index contributed by atoms with van der Waals surface area (Å²) in [6.07, 6.45) is 1.87. The number of carboxylic acids is 1. The van der Waals surface area contributed by atoms with E-state index in [4.69, 9.17) is 11.1 Å². The van der Waals surface area contributed by atoms with Crippen LogP contribution >= 0.6 is 0 Å². The fourth-order valence-electron chi connectivity index (χ4n) is 2.81. The number of carboxylic acid groups (broad SMARTS) is 1. The molecule has 154 valence electrons. The normalized spacial score (nSPS) is 11.4. The van der Waals surface area contributed by atoms with Crippen molar-refractivity contribution >= 4 is 29.2 Å². The van der Waals surface area contributed by atoms with E-state index in [0.717, 1.165) is 18.4 Å². The van der Waals surface area contributed by atoms with Gasteiger partial charge in [0.25, 0.3) is 0 Å². The third-order valence-corrected chi connectivity index (χ3v) is 4.26. The van der Waals surface area contributed by atoms with Crippen molar-refractivity contribution in [3.05, 3.63) is 59.2 Å². The third kappa shape index (κ3) is 6.53. The molecule has 29 heavy (non-hydrogen) atoms.